The first kappa shape index (κ1) is 26.3. The summed E-state index contributed by atoms with van der Waals surface area (Å²) in [5.74, 6) is -0.315. The van der Waals surface area contributed by atoms with Crippen LogP contribution in [0, 0.1) is 11.3 Å². The van der Waals surface area contributed by atoms with E-state index in [0.717, 1.165) is 13.1 Å². The van der Waals surface area contributed by atoms with Crippen molar-refractivity contribution in [2.24, 2.45) is 0 Å². The van der Waals surface area contributed by atoms with Crippen LogP contribution in [-0.2, 0) is 0 Å². The van der Waals surface area contributed by atoms with Gasteiger partial charge in [0.25, 0.3) is 0 Å². The number of hydrogen-bond acceptors (Lipinski definition) is 5. The van der Waals surface area contributed by atoms with Crippen LogP contribution in [0.4, 0.5) is 13.2 Å². The second-order valence-electron chi connectivity index (χ2n) is 6.31. The second kappa shape index (κ2) is 11.1. The number of nitrogens with zero attached hydrogens (tertiary/aromatic N) is 2. The van der Waals surface area contributed by atoms with Crippen molar-refractivity contribution in [3.05, 3.63) is 57.6 Å². The van der Waals surface area contributed by atoms with E-state index in [1.807, 2.05) is 0 Å². The zero-order valence-corrected chi connectivity index (χ0v) is 18.7. The minimum absolute atomic E-state index is 0. The lowest BCUT2D eigenvalue weighted by Crippen LogP contribution is -2.45. The van der Waals surface area contributed by atoms with Gasteiger partial charge in [0.1, 0.15) is 11.5 Å². The predicted molar refractivity (Wildman–Crippen MR) is 114 cm³/mol. The fourth-order valence-corrected chi connectivity index (χ4v) is 3.75. The Hall–Kier alpha value is -1.70. The van der Waals surface area contributed by atoms with Crippen LogP contribution in [0.5, 0.6) is 11.5 Å². The van der Waals surface area contributed by atoms with Crippen LogP contribution < -0.4 is 10.1 Å². The third-order valence-electron chi connectivity index (χ3n) is 4.46. The Bertz CT molecular complexity index is 886. The van der Waals surface area contributed by atoms with Gasteiger partial charge in [0.15, 0.2) is 0 Å². The average molecular weight is 529 g/mol. The summed E-state index contributed by atoms with van der Waals surface area (Å²) in [5.41, 5.74) is 1.57. The molecule has 30 heavy (non-hydrogen) atoms. The number of benzene rings is 2. The number of nitriles is 1. The van der Waals surface area contributed by atoms with Crippen LogP contribution >= 0.6 is 40.7 Å². The van der Waals surface area contributed by atoms with E-state index in [4.69, 9.17) is 0 Å². The molecule has 2 N–H and O–H groups in total. The van der Waals surface area contributed by atoms with Gasteiger partial charge in [0, 0.05) is 31.7 Å². The Kier molecular flexibility index (Phi) is 9.72. The highest BCUT2D eigenvalue weighted by atomic mass is 79.9. The minimum Gasteiger partial charge on any atom is -0.506 e. The van der Waals surface area contributed by atoms with Gasteiger partial charge in [0.2, 0.25) is 0 Å². The first-order valence-corrected chi connectivity index (χ1v) is 9.31. The standard InChI is InChI=1S/C19H17BrF3N3O2.2ClH/c20-16-10-12(11-24)9-15(18(16)27)17(26-7-5-25-6-8-26)13-1-3-14(4-2-13)28-19(21,22)23;;/h1-4,9-10,17,25,27H,5-8H2;2*1H/t17-;;/m0../s1. The van der Waals surface area contributed by atoms with Crippen LogP contribution in [-0.4, -0.2) is 42.5 Å². The smallest absolute Gasteiger partial charge is 0.506 e. The average Bonchev–Trinajstić information content (AvgIpc) is 2.66. The van der Waals surface area contributed by atoms with Crippen molar-refractivity contribution >= 4 is 40.7 Å². The predicted octanol–water partition coefficient (Wildman–Crippen LogP) is 4.76. The topological polar surface area (TPSA) is 68.5 Å². The third kappa shape index (κ3) is 6.40. The summed E-state index contributed by atoms with van der Waals surface area (Å²) in [4.78, 5) is 2.11. The highest BCUT2D eigenvalue weighted by molar-refractivity contribution is 9.10. The summed E-state index contributed by atoms with van der Waals surface area (Å²) in [6, 6.07) is 10.3. The van der Waals surface area contributed by atoms with Crippen molar-refractivity contribution in [3.8, 4) is 17.6 Å². The maximum absolute atomic E-state index is 12.4. The third-order valence-corrected chi connectivity index (χ3v) is 5.07. The maximum Gasteiger partial charge on any atom is 0.573 e. The van der Waals surface area contributed by atoms with E-state index < -0.39 is 12.4 Å². The molecule has 164 valence electrons. The number of ether oxygens (including phenoxy) is 1. The Morgan fingerprint density at radius 3 is 2.27 bits per heavy atom. The zero-order valence-electron chi connectivity index (χ0n) is 15.4. The summed E-state index contributed by atoms with van der Waals surface area (Å²) in [7, 11) is 0. The Balaban J connectivity index is 0.00000225. The van der Waals surface area contributed by atoms with Gasteiger partial charge in [0.05, 0.1) is 22.1 Å². The first-order valence-electron chi connectivity index (χ1n) is 8.51. The molecule has 3 rings (SSSR count). The van der Waals surface area contributed by atoms with Crippen molar-refractivity contribution in [1.29, 1.82) is 5.26 Å². The molecule has 0 amide bonds. The van der Waals surface area contributed by atoms with E-state index in [1.165, 1.54) is 18.2 Å². The molecule has 1 aliphatic heterocycles. The van der Waals surface area contributed by atoms with Gasteiger partial charge in [-0.15, -0.1) is 38.0 Å². The largest absolute Gasteiger partial charge is 0.573 e. The van der Waals surface area contributed by atoms with Gasteiger partial charge in [-0.25, -0.2) is 0 Å². The highest BCUT2D eigenvalue weighted by Crippen LogP contribution is 2.40. The summed E-state index contributed by atoms with van der Waals surface area (Å²) in [6.45, 7) is 2.84. The molecule has 11 heteroatoms. The zero-order chi connectivity index (χ0) is 20.3. The highest BCUT2D eigenvalue weighted by Gasteiger charge is 2.32. The van der Waals surface area contributed by atoms with Gasteiger partial charge >= 0.3 is 6.36 Å². The molecule has 1 fully saturated rings. The Labute approximate surface area is 192 Å². The molecular weight excluding hydrogens is 510 g/mol. The maximum atomic E-state index is 12.4. The molecule has 1 aliphatic rings. The fraction of sp³-hybridized carbons (Fsp3) is 0.316. The normalized spacial score (nSPS) is 15.3. The quantitative estimate of drug-likeness (QED) is 0.598. The monoisotopic (exact) mass is 527 g/mol. The van der Waals surface area contributed by atoms with Gasteiger partial charge in [-0.1, -0.05) is 12.1 Å². The van der Waals surface area contributed by atoms with Crippen LogP contribution in [0.1, 0.15) is 22.7 Å². The van der Waals surface area contributed by atoms with Crippen LogP contribution in [0.2, 0.25) is 0 Å². The molecule has 0 unspecified atom stereocenters. The molecule has 2 aromatic rings. The van der Waals surface area contributed by atoms with Crippen LogP contribution in [0.3, 0.4) is 0 Å². The number of halogens is 6. The molecule has 5 nitrogen and oxygen atoms in total. The molecule has 0 aromatic heterocycles. The molecule has 0 saturated carbocycles. The molecular formula is C19H19BrCl2F3N3O2. The molecule has 1 saturated heterocycles. The Morgan fingerprint density at radius 1 is 1.13 bits per heavy atom. The van der Waals surface area contributed by atoms with Gasteiger partial charge in [-0.3, -0.25) is 4.90 Å². The number of phenols is 1. The van der Waals surface area contributed by atoms with E-state index in [-0.39, 0.29) is 36.3 Å². The number of aromatic hydroxyl groups is 1. The molecule has 0 bridgehead atoms. The van der Waals surface area contributed by atoms with Gasteiger partial charge in [-0.2, -0.15) is 5.26 Å². The number of phenolic OH excluding ortho intramolecular Hbond substituents is 1. The lowest BCUT2D eigenvalue weighted by atomic mass is 9.94. The van der Waals surface area contributed by atoms with Crippen molar-refractivity contribution in [2.75, 3.05) is 26.2 Å². The van der Waals surface area contributed by atoms with Crippen LogP contribution in [0.15, 0.2) is 40.9 Å². The van der Waals surface area contributed by atoms with E-state index in [9.17, 15) is 23.5 Å². The SMILES string of the molecule is Cl.Cl.N#Cc1cc(Br)c(O)c([C@H](c2ccc(OC(F)(F)F)cc2)N2CCNCC2)c1. The minimum atomic E-state index is -4.76. The van der Waals surface area contributed by atoms with Crippen molar-refractivity contribution in [1.82, 2.24) is 10.2 Å². The van der Waals surface area contributed by atoms with Crippen molar-refractivity contribution < 1.29 is 23.0 Å². The van der Waals surface area contributed by atoms with E-state index in [0.29, 0.717) is 34.3 Å². The summed E-state index contributed by atoms with van der Waals surface area (Å²) in [6.07, 6.45) is -4.76. The number of alkyl halides is 3. The van der Waals surface area contributed by atoms with Crippen LogP contribution in [0.25, 0.3) is 0 Å². The molecule has 0 radical (unpaired) electrons. The van der Waals surface area contributed by atoms with E-state index in [2.05, 4.69) is 37.0 Å². The summed E-state index contributed by atoms with van der Waals surface area (Å²) in [5, 5.41) is 23.1. The van der Waals surface area contributed by atoms with E-state index in [1.54, 1.807) is 18.2 Å². The van der Waals surface area contributed by atoms with Gasteiger partial charge < -0.3 is 15.2 Å². The fourth-order valence-electron chi connectivity index (χ4n) is 3.27. The van der Waals surface area contributed by atoms with E-state index >= 15 is 0 Å². The number of nitrogens with one attached hydrogen (secondary N) is 1. The molecule has 0 aliphatic carbocycles. The van der Waals surface area contributed by atoms with Crippen molar-refractivity contribution in [2.45, 2.75) is 12.4 Å². The lowest BCUT2D eigenvalue weighted by molar-refractivity contribution is -0.274. The van der Waals surface area contributed by atoms with Crippen molar-refractivity contribution in [3.63, 3.8) is 0 Å². The number of rotatable bonds is 4. The lowest BCUT2D eigenvalue weighted by Gasteiger charge is -2.36. The molecule has 1 atom stereocenters. The summed E-state index contributed by atoms with van der Waals surface area (Å²) >= 11 is 3.27. The first-order chi connectivity index (χ1) is 13.3. The summed E-state index contributed by atoms with van der Waals surface area (Å²) < 4.78 is 41.6. The second-order valence-corrected chi connectivity index (χ2v) is 7.17. The number of piperazine rings is 1. The Morgan fingerprint density at radius 2 is 1.73 bits per heavy atom. The molecule has 0 spiro atoms. The van der Waals surface area contributed by atoms with Gasteiger partial charge in [-0.05, 0) is 45.8 Å². The number of hydrogen-bond donors (Lipinski definition) is 2. The molecule has 1 heterocycles. The molecule has 2 aromatic carbocycles.